The van der Waals surface area contributed by atoms with E-state index in [0.717, 1.165) is 0 Å². The van der Waals surface area contributed by atoms with Gasteiger partial charge in [-0.25, -0.2) is 4.79 Å². The van der Waals surface area contributed by atoms with E-state index in [0.29, 0.717) is 37.2 Å². The first-order valence-corrected chi connectivity index (χ1v) is 10.0. The van der Waals surface area contributed by atoms with Crippen molar-refractivity contribution in [1.82, 2.24) is 0 Å². The average Bonchev–Trinajstić information content (AvgIpc) is 3.43. The molecule has 0 amide bonds. The molecule has 0 bridgehead atoms. The molecule has 0 aromatic heterocycles. The molecule has 0 radical (unpaired) electrons. The number of non-ortho nitro benzene ring substituents is 2. The van der Waals surface area contributed by atoms with Gasteiger partial charge in [-0.3, -0.25) is 20.2 Å². The normalized spacial score (nSPS) is 24.8. The number of nitro groups is 2. The summed E-state index contributed by atoms with van der Waals surface area (Å²) in [5.41, 5.74) is 1.25. The molecule has 0 spiro atoms. The number of ether oxygens (including phenoxy) is 4. The maximum absolute atomic E-state index is 12.5. The zero-order valence-corrected chi connectivity index (χ0v) is 16.8. The molecule has 2 aliphatic rings. The molecule has 32 heavy (non-hydrogen) atoms. The third-order valence-electron chi connectivity index (χ3n) is 5.43. The molecule has 2 fully saturated rings. The lowest BCUT2D eigenvalue weighted by molar-refractivity contribution is -0.385. The summed E-state index contributed by atoms with van der Waals surface area (Å²) in [6.07, 6.45) is -2.22. The van der Waals surface area contributed by atoms with Crippen LogP contribution in [-0.4, -0.2) is 41.4 Å². The van der Waals surface area contributed by atoms with Crippen LogP contribution >= 0.6 is 0 Å². The van der Waals surface area contributed by atoms with E-state index in [4.69, 9.17) is 18.9 Å². The number of rotatable bonds is 6. The zero-order valence-electron chi connectivity index (χ0n) is 16.8. The number of carbonyl (C=O) groups excluding carboxylic acids is 1. The van der Waals surface area contributed by atoms with Crippen molar-refractivity contribution in [3.05, 3.63) is 79.9 Å². The van der Waals surface area contributed by atoms with Crippen molar-refractivity contribution in [2.75, 3.05) is 13.2 Å². The second-order valence-electron chi connectivity index (χ2n) is 7.42. The number of nitrogens with zero attached hydrogens (tertiary/aromatic N) is 2. The van der Waals surface area contributed by atoms with Crippen molar-refractivity contribution < 1.29 is 33.6 Å². The molecule has 2 aliphatic heterocycles. The zero-order chi connectivity index (χ0) is 22.7. The summed E-state index contributed by atoms with van der Waals surface area (Å²) in [7, 11) is 0. The Morgan fingerprint density at radius 1 is 0.750 bits per heavy atom. The Kier molecular flexibility index (Phi) is 6.28. The number of benzene rings is 2. The van der Waals surface area contributed by atoms with Gasteiger partial charge < -0.3 is 18.9 Å². The van der Waals surface area contributed by atoms with Gasteiger partial charge in [-0.1, -0.05) is 0 Å². The Balaban J connectivity index is 1.37. The first kappa shape index (κ1) is 21.7. The molecule has 4 rings (SSSR count). The van der Waals surface area contributed by atoms with E-state index in [2.05, 4.69) is 0 Å². The van der Waals surface area contributed by atoms with Crippen LogP contribution in [0.4, 0.5) is 16.2 Å². The molecule has 2 aromatic carbocycles. The van der Waals surface area contributed by atoms with Gasteiger partial charge in [0.1, 0.15) is 24.4 Å². The van der Waals surface area contributed by atoms with Crippen LogP contribution in [0.1, 0.15) is 36.2 Å². The van der Waals surface area contributed by atoms with E-state index in [9.17, 15) is 25.0 Å². The van der Waals surface area contributed by atoms with Crippen molar-refractivity contribution in [2.24, 2.45) is 0 Å². The SMILES string of the molecule is O=C(O[C@H]1CCO[C@H]1c1ccc([N+](=O)[O-])cc1)O[C@H]1CCO[C@H]1c1ccc([N+](=O)[O-])cc1. The minimum atomic E-state index is -0.866. The Morgan fingerprint density at radius 2 is 1.12 bits per heavy atom. The highest BCUT2D eigenvalue weighted by Crippen LogP contribution is 2.35. The molecule has 0 N–H and O–H groups in total. The Hall–Kier alpha value is -3.57. The highest BCUT2D eigenvalue weighted by atomic mass is 16.7. The maximum Gasteiger partial charge on any atom is 0.509 e. The summed E-state index contributed by atoms with van der Waals surface area (Å²) in [5.74, 6) is 0. The molecule has 168 valence electrons. The monoisotopic (exact) mass is 444 g/mol. The van der Waals surface area contributed by atoms with Gasteiger partial charge >= 0.3 is 6.16 Å². The minimum absolute atomic E-state index is 0.0397. The van der Waals surface area contributed by atoms with Gasteiger partial charge in [0.2, 0.25) is 0 Å². The quantitative estimate of drug-likeness (QED) is 0.367. The second kappa shape index (κ2) is 9.28. The van der Waals surface area contributed by atoms with Gasteiger partial charge in [0.15, 0.2) is 0 Å². The Labute approximate surface area is 182 Å². The number of nitro benzene ring substituents is 2. The molecule has 0 saturated carbocycles. The molecule has 4 atom stereocenters. The topological polar surface area (TPSA) is 140 Å². The lowest BCUT2D eigenvalue weighted by Gasteiger charge is -2.22. The van der Waals surface area contributed by atoms with Crippen LogP contribution in [0.3, 0.4) is 0 Å². The first-order valence-electron chi connectivity index (χ1n) is 10.0. The summed E-state index contributed by atoms with van der Waals surface area (Å²) in [5, 5.41) is 21.7. The summed E-state index contributed by atoms with van der Waals surface area (Å²) in [6, 6.07) is 11.8. The van der Waals surface area contributed by atoms with Crippen LogP contribution < -0.4 is 0 Å². The first-order chi connectivity index (χ1) is 15.4. The van der Waals surface area contributed by atoms with E-state index in [1.807, 2.05) is 0 Å². The number of carbonyl (C=O) groups is 1. The van der Waals surface area contributed by atoms with Gasteiger partial charge in [-0.2, -0.15) is 0 Å². The second-order valence-corrected chi connectivity index (χ2v) is 7.42. The molecule has 0 aliphatic carbocycles. The third kappa shape index (κ3) is 4.68. The smallest absolute Gasteiger partial charge is 0.428 e. The van der Waals surface area contributed by atoms with Crippen molar-refractivity contribution in [3.63, 3.8) is 0 Å². The van der Waals surface area contributed by atoms with Gasteiger partial charge in [0, 0.05) is 37.1 Å². The van der Waals surface area contributed by atoms with Crippen molar-refractivity contribution in [3.8, 4) is 0 Å². The van der Waals surface area contributed by atoms with Crippen molar-refractivity contribution in [2.45, 2.75) is 37.3 Å². The maximum atomic E-state index is 12.5. The fourth-order valence-corrected chi connectivity index (χ4v) is 3.85. The molecular weight excluding hydrogens is 424 g/mol. The van der Waals surface area contributed by atoms with Crippen molar-refractivity contribution in [1.29, 1.82) is 0 Å². The van der Waals surface area contributed by atoms with E-state index < -0.39 is 40.4 Å². The fourth-order valence-electron chi connectivity index (χ4n) is 3.85. The highest BCUT2D eigenvalue weighted by molar-refractivity contribution is 5.60. The van der Waals surface area contributed by atoms with Crippen LogP contribution in [0.15, 0.2) is 48.5 Å². The predicted molar refractivity (Wildman–Crippen MR) is 108 cm³/mol. The molecule has 0 unspecified atom stereocenters. The van der Waals surface area contributed by atoms with Crippen LogP contribution in [-0.2, 0) is 18.9 Å². The largest absolute Gasteiger partial charge is 0.509 e. The van der Waals surface area contributed by atoms with Crippen molar-refractivity contribution >= 4 is 17.5 Å². The standard InChI is InChI=1S/C21H20N2O9/c24-21(31-17-9-11-29-19(17)13-1-5-15(6-2-13)22(25)26)32-18-10-12-30-20(18)14-3-7-16(8-4-14)23(27)28/h1-8,17-20H,9-12H2/t17-,18-,19-,20-/m0/s1. The highest BCUT2D eigenvalue weighted by Gasteiger charge is 2.37. The summed E-state index contributed by atoms with van der Waals surface area (Å²) in [4.78, 5) is 33.1. The summed E-state index contributed by atoms with van der Waals surface area (Å²) >= 11 is 0. The average molecular weight is 444 g/mol. The van der Waals surface area contributed by atoms with Crippen LogP contribution in [0.25, 0.3) is 0 Å². The Morgan fingerprint density at radius 3 is 1.47 bits per heavy atom. The molecular formula is C21H20N2O9. The predicted octanol–water partition coefficient (Wildman–Crippen LogP) is 4.02. The van der Waals surface area contributed by atoms with Gasteiger partial charge in [-0.15, -0.1) is 0 Å². The molecule has 2 saturated heterocycles. The van der Waals surface area contributed by atoms with E-state index >= 15 is 0 Å². The number of hydrogen-bond donors (Lipinski definition) is 0. The fraction of sp³-hybridized carbons (Fsp3) is 0.381. The Bertz CT molecular complexity index is 914. The van der Waals surface area contributed by atoms with Crippen LogP contribution in [0, 0.1) is 20.2 Å². The minimum Gasteiger partial charge on any atom is -0.428 e. The number of hydrogen-bond acceptors (Lipinski definition) is 9. The molecule has 11 heteroatoms. The molecule has 2 aromatic rings. The van der Waals surface area contributed by atoms with Gasteiger partial charge in [-0.05, 0) is 35.4 Å². The lowest BCUT2D eigenvalue weighted by Crippen LogP contribution is -2.27. The lowest BCUT2D eigenvalue weighted by atomic mass is 10.0. The van der Waals surface area contributed by atoms with E-state index in [1.54, 1.807) is 24.3 Å². The van der Waals surface area contributed by atoms with E-state index in [-0.39, 0.29) is 11.4 Å². The molecule has 2 heterocycles. The van der Waals surface area contributed by atoms with Gasteiger partial charge in [0.05, 0.1) is 23.1 Å². The molecule has 11 nitrogen and oxygen atoms in total. The van der Waals surface area contributed by atoms with Crippen LogP contribution in [0.5, 0.6) is 0 Å². The van der Waals surface area contributed by atoms with E-state index in [1.165, 1.54) is 24.3 Å². The summed E-state index contributed by atoms with van der Waals surface area (Å²) in [6.45, 7) is 0.745. The van der Waals surface area contributed by atoms with Crippen LogP contribution in [0.2, 0.25) is 0 Å². The van der Waals surface area contributed by atoms with Gasteiger partial charge in [0.25, 0.3) is 11.4 Å². The summed E-state index contributed by atoms with van der Waals surface area (Å²) < 4.78 is 22.3. The third-order valence-corrected chi connectivity index (χ3v) is 5.43.